The van der Waals surface area contributed by atoms with Crippen LogP contribution in [-0.4, -0.2) is 5.71 Å². The van der Waals surface area contributed by atoms with Crippen LogP contribution in [0, 0.1) is 12.8 Å². The quantitative estimate of drug-likeness (QED) is 0.163. The van der Waals surface area contributed by atoms with E-state index in [9.17, 15) is 0 Å². The minimum atomic E-state index is -0.421. The highest BCUT2D eigenvalue weighted by molar-refractivity contribution is 6.08. The van der Waals surface area contributed by atoms with E-state index in [0.29, 0.717) is 0 Å². The summed E-state index contributed by atoms with van der Waals surface area (Å²) in [6, 6.07) is 81.6. The van der Waals surface area contributed by atoms with Crippen LogP contribution in [0.25, 0.3) is 72.0 Å². The molecule has 1 aliphatic heterocycles. The first-order valence-electron chi connectivity index (χ1n) is 27.3. The third kappa shape index (κ3) is 6.25. The molecule has 0 fully saturated rings. The lowest BCUT2D eigenvalue weighted by Gasteiger charge is -2.31. The van der Waals surface area contributed by atoms with Crippen molar-refractivity contribution in [3.05, 3.63) is 291 Å². The maximum atomic E-state index is 7.14. The molecule has 1 spiro atoms. The summed E-state index contributed by atoms with van der Waals surface area (Å²) in [5.41, 5.74) is 29.9. The molecule has 3 aliphatic carbocycles. The van der Waals surface area contributed by atoms with Crippen molar-refractivity contribution in [3.8, 4) is 44.5 Å². The highest BCUT2D eigenvalue weighted by Crippen LogP contribution is 2.64. The molecule has 2 heteroatoms. The Balaban J connectivity index is 0.877. The first-order chi connectivity index (χ1) is 37.2. The summed E-state index contributed by atoms with van der Waals surface area (Å²) in [5.74, 6) is 0.108. The fraction of sp³-hybridized carbons (Fsp3) is 0.149. The number of benzene rings is 10. The monoisotopic (exact) mass is 975 g/mol. The fourth-order valence-electron chi connectivity index (χ4n) is 14.5. The smallest absolute Gasteiger partial charge is 0.140 e. The van der Waals surface area contributed by atoms with Gasteiger partial charge in [-0.1, -0.05) is 234 Å². The molecule has 0 N–H and O–H groups in total. The number of hydrogen-bond acceptors (Lipinski definition) is 2. The van der Waals surface area contributed by atoms with Crippen molar-refractivity contribution in [2.75, 3.05) is 0 Å². The fourth-order valence-corrected chi connectivity index (χ4v) is 14.5. The van der Waals surface area contributed by atoms with Gasteiger partial charge < -0.3 is 4.42 Å². The molecule has 364 valence electrons. The third-order valence-corrected chi connectivity index (χ3v) is 18.2. The molecule has 0 amide bonds. The van der Waals surface area contributed by atoms with E-state index in [1.807, 2.05) is 0 Å². The molecule has 76 heavy (non-hydrogen) atoms. The molecule has 1 aromatic heterocycles. The van der Waals surface area contributed by atoms with Crippen molar-refractivity contribution < 1.29 is 4.42 Å². The predicted octanol–water partition coefficient (Wildman–Crippen LogP) is 19.0. The van der Waals surface area contributed by atoms with Gasteiger partial charge in [-0.2, -0.15) is 0 Å². The van der Waals surface area contributed by atoms with Crippen LogP contribution >= 0.6 is 0 Å². The maximum Gasteiger partial charge on any atom is 0.140 e. The number of aryl methyl sites for hydroxylation is 1. The van der Waals surface area contributed by atoms with Crippen molar-refractivity contribution in [1.29, 1.82) is 0 Å². The Labute approximate surface area is 445 Å². The van der Waals surface area contributed by atoms with Gasteiger partial charge in [-0.25, -0.2) is 0 Å². The highest BCUT2D eigenvalue weighted by atomic mass is 16.3. The lowest BCUT2D eigenvalue weighted by molar-refractivity contribution is 0.574. The maximum absolute atomic E-state index is 7.14. The Morgan fingerprint density at radius 3 is 1.82 bits per heavy atom. The lowest BCUT2D eigenvalue weighted by atomic mass is 9.70. The van der Waals surface area contributed by atoms with Crippen LogP contribution in [0.15, 0.2) is 234 Å². The van der Waals surface area contributed by atoms with Crippen molar-refractivity contribution >= 4 is 33.2 Å². The largest absolute Gasteiger partial charge is 0.456 e. The minimum absolute atomic E-state index is 0.00373. The molecule has 4 aliphatic rings. The van der Waals surface area contributed by atoms with E-state index in [1.165, 1.54) is 106 Å². The van der Waals surface area contributed by atoms with Crippen LogP contribution in [-0.2, 0) is 10.8 Å². The Morgan fingerprint density at radius 1 is 0.500 bits per heavy atom. The van der Waals surface area contributed by atoms with E-state index in [2.05, 4.69) is 259 Å². The summed E-state index contributed by atoms with van der Waals surface area (Å²) in [7, 11) is 0. The van der Waals surface area contributed by atoms with Gasteiger partial charge in [0.2, 0.25) is 0 Å². The third-order valence-electron chi connectivity index (χ3n) is 18.2. The number of para-hydroxylation sites is 1. The molecule has 0 bridgehead atoms. The summed E-state index contributed by atoms with van der Waals surface area (Å²) in [6.07, 6.45) is 3.21. The SMILES string of the molecule is Cc1ccccc1-c1cc2c(cc1C(C)c1ccc3oc4c(C5N=C(c6ccccc6)CC=C(c6cccc7c6-c6ccccc6C76c7ccccc7-c7ccccc76)C5C)cccc4c3c1)C(C)(C)c1ccccc1-2. The normalized spacial score (nSPS) is 17.5. The van der Waals surface area contributed by atoms with Gasteiger partial charge in [-0.05, 0) is 136 Å². The summed E-state index contributed by atoms with van der Waals surface area (Å²) in [5, 5.41) is 2.26. The lowest BCUT2D eigenvalue weighted by Crippen LogP contribution is -2.25. The second-order valence-corrected chi connectivity index (χ2v) is 22.4. The molecule has 0 radical (unpaired) electrons. The van der Waals surface area contributed by atoms with Crippen LogP contribution in [0.1, 0.15) is 113 Å². The Kier molecular flexibility index (Phi) is 9.86. The molecular formula is C74H57NO. The van der Waals surface area contributed by atoms with E-state index < -0.39 is 5.41 Å². The number of furan rings is 1. The van der Waals surface area contributed by atoms with E-state index in [0.717, 1.165) is 45.2 Å². The average molecular weight is 976 g/mol. The zero-order chi connectivity index (χ0) is 51.0. The van der Waals surface area contributed by atoms with Crippen molar-refractivity contribution in [1.82, 2.24) is 0 Å². The number of allylic oxidation sites excluding steroid dienone is 1. The van der Waals surface area contributed by atoms with Gasteiger partial charge in [-0.3, -0.25) is 4.99 Å². The topological polar surface area (TPSA) is 25.5 Å². The van der Waals surface area contributed by atoms with Gasteiger partial charge in [-0.15, -0.1) is 0 Å². The molecule has 0 saturated heterocycles. The van der Waals surface area contributed by atoms with Crippen LogP contribution < -0.4 is 0 Å². The van der Waals surface area contributed by atoms with Gasteiger partial charge in [0.1, 0.15) is 11.2 Å². The molecule has 2 nitrogen and oxygen atoms in total. The van der Waals surface area contributed by atoms with Crippen molar-refractivity contribution in [2.45, 2.75) is 63.8 Å². The zero-order valence-electron chi connectivity index (χ0n) is 43.7. The molecule has 15 rings (SSSR count). The molecule has 0 saturated carbocycles. The Bertz CT molecular complexity index is 4250. The van der Waals surface area contributed by atoms with Gasteiger partial charge in [0.15, 0.2) is 0 Å². The first-order valence-corrected chi connectivity index (χ1v) is 27.3. The van der Waals surface area contributed by atoms with Gasteiger partial charge in [0.05, 0.1) is 11.5 Å². The molecule has 3 atom stereocenters. The predicted molar refractivity (Wildman–Crippen MR) is 316 cm³/mol. The average Bonchev–Trinajstić information content (AvgIpc) is 4.30. The van der Waals surface area contributed by atoms with Crippen LogP contribution in [0.5, 0.6) is 0 Å². The van der Waals surface area contributed by atoms with E-state index in [-0.39, 0.29) is 23.3 Å². The molecule has 10 aromatic carbocycles. The summed E-state index contributed by atoms with van der Waals surface area (Å²) < 4.78 is 7.14. The first kappa shape index (κ1) is 44.9. The van der Waals surface area contributed by atoms with Crippen molar-refractivity contribution in [3.63, 3.8) is 0 Å². The molecule has 2 heterocycles. The molecule has 11 aromatic rings. The van der Waals surface area contributed by atoms with E-state index >= 15 is 0 Å². The van der Waals surface area contributed by atoms with Crippen LogP contribution in [0.3, 0.4) is 0 Å². The zero-order valence-corrected chi connectivity index (χ0v) is 43.7. The Morgan fingerprint density at radius 2 is 1.09 bits per heavy atom. The highest BCUT2D eigenvalue weighted by Gasteiger charge is 2.52. The summed E-state index contributed by atoms with van der Waals surface area (Å²) in [4.78, 5) is 5.85. The second kappa shape index (κ2) is 16.7. The van der Waals surface area contributed by atoms with Crippen LogP contribution in [0.2, 0.25) is 0 Å². The number of aliphatic imine (C=N–C) groups is 1. The minimum Gasteiger partial charge on any atom is -0.456 e. The molecular weight excluding hydrogens is 919 g/mol. The number of hydrogen-bond donors (Lipinski definition) is 0. The number of fused-ring (bicyclic) bond motifs is 16. The summed E-state index contributed by atoms with van der Waals surface area (Å²) >= 11 is 0. The van der Waals surface area contributed by atoms with Crippen molar-refractivity contribution in [2.24, 2.45) is 10.9 Å². The second-order valence-electron chi connectivity index (χ2n) is 22.4. The van der Waals surface area contributed by atoms with E-state index in [1.54, 1.807) is 0 Å². The number of rotatable bonds is 6. The van der Waals surface area contributed by atoms with Gasteiger partial charge in [0.25, 0.3) is 0 Å². The standard InChI is InChI=1S/C74H57NO/c1-44-21-9-10-24-49(44)59-42-60-53-27-11-15-32-62(53)73(4,5)67(60)43-58(59)45(2)48-37-40-69-61(41-48)55-30-19-31-57(72(55)76-69)71-46(3)50(38-39-68(75-71)47-22-7-6-8-23-47)54-29-20-36-66-70(54)56-28-14-18-35-65(56)74(66)63-33-16-12-25-51(63)52-26-13-17-34-64(52)74/h6-38,40-43,45-46,71H,39H2,1-5H3. The van der Waals surface area contributed by atoms with Crippen LogP contribution in [0.4, 0.5) is 0 Å². The van der Waals surface area contributed by atoms with Gasteiger partial charge >= 0.3 is 0 Å². The molecule has 3 unspecified atom stereocenters. The van der Waals surface area contributed by atoms with E-state index in [4.69, 9.17) is 9.41 Å². The van der Waals surface area contributed by atoms with Gasteiger partial charge in [0, 0.05) is 45.7 Å². The number of nitrogens with zero attached hydrogens (tertiary/aromatic N) is 1. The summed E-state index contributed by atoms with van der Waals surface area (Å²) in [6.45, 7) is 11.8. The Hall–Kier alpha value is -8.59.